The SMILES string of the molecule is C=C(C)C(=O)Oc1ccc(-c2ccc(-c3ccc(OC(=O)C(=C)C)c(OC=C(C)C)c3)cc2)cc1OC=C(C)C. The van der Waals surface area contributed by atoms with Crippen LogP contribution in [-0.2, 0) is 9.59 Å². The predicted octanol–water partition coefficient (Wildman–Crippen LogP) is 8.59. The molecule has 0 N–H and O–H groups in total. The third-order valence-corrected chi connectivity index (χ3v) is 5.38. The average Bonchev–Trinajstić information content (AvgIpc) is 2.91. The number of ether oxygens (including phenoxy) is 4. The smallest absolute Gasteiger partial charge is 0.338 e. The quantitative estimate of drug-likeness (QED) is 0.111. The number of hydrogen-bond donors (Lipinski definition) is 0. The van der Waals surface area contributed by atoms with Crippen LogP contribution in [0.1, 0.15) is 41.5 Å². The van der Waals surface area contributed by atoms with Crippen molar-refractivity contribution in [1.29, 1.82) is 0 Å². The fourth-order valence-corrected chi connectivity index (χ4v) is 3.32. The number of esters is 2. The maximum atomic E-state index is 12.1. The van der Waals surface area contributed by atoms with E-state index in [1.165, 1.54) is 0 Å². The van der Waals surface area contributed by atoms with Gasteiger partial charge in [0, 0.05) is 11.1 Å². The molecule has 6 heteroatoms. The summed E-state index contributed by atoms with van der Waals surface area (Å²) in [6.45, 7) is 18.1. The minimum Gasteiger partial charge on any atom is -0.461 e. The Morgan fingerprint density at radius 3 is 1.15 bits per heavy atom. The number of hydrogen-bond acceptors (Lipinski definition) is 6. The lowest BCUT2D eigenvalue weighted by Crippen LogP contribution is -2.09. The molecule has 3 rings (SSSR count). The molecule has 0 radical (unpaired) electrons. The molecule has 0 atom stereocenters. The van der Waals surface area contributed by atoms with Crippen LogP contribution in [0.3, 0.4) is 0 Å². The summed E-state index contributed by atoms with van der Waals surface area (Å²) in [6.07, 6.45) is 3.21. The highest BCUT2D eigenvalue weighted by Crippen LogP contribution is 2.36. The molecular weight excluding hydrogens is 504 g/mol. The van der Waals surface area contributed by atoms with Gasteiger partial charge in [-0.2, -0.15) is 0 Å². The van der Waals surface area contributed by atoms with Gasteiger partial charge in [-0.05, 0) is 99.2 Å². The van der Waals surface area contributed by atoms with Crippen LogP contribution < -0.4 is 18.9 Å². The van der Waals surface area contributed by atoms with E-state index >= 15 is 0 Å². The Kier molecular flexibility index (Phi) is 9.87. The third kappa shape index (κ3) is 8.08. The van der Waals surface area contributed by atoms with E-state index in [0.29, 0.717) is 34.1 Å². The van der Waals surface area contributed by atoms with Gasteiger partial charge in [-0.25, -0.2) is 9.59 Å². The zero-order valence-electron chi connectivity index (χ0n) is 23.8. The van der Waals surface area contributed by atoms with Gasteiger partial charge < -0.3 is 18.9 Å². The lowest BCUT2D eigenvalue weighted by Gasteiger charge is -2.13. The van der Waals surface area contributed by atoms with Crippen molar-refractivity contribution < 1.29 is 28.5 Å². The molecule has 0 aliphatic rings. The first kappa shape index (κ1) is 29.7. The number of rotatable bonds is 10. The van der Waals surface area contributed by atoms with E-state index in [4.69, 9.17) is 18.9 Å². The monoisotopic (exact) mass is 538 g/mol. The molecule has 3 aromatic carbocycles. The first-order valence-electron chi connectivity index (χ1n) is 12.7. The van der Waals surface area contributed by atoms with Crippen LogP contribution in [0, 0.1) is 0 Å². The van der Waals surface area contributed by atoms with Gasteiger partial charge in [-0.15, -0.1) is 0 Å². The summed E-state index contributed by atoms with van der Waals surface area (Å²) < 4.78 is 22.5. The summed E-state index contributed by atoms with van der Waals surface area (Å²) in [7, 11) is 0. The molecule has 0 aromatic heterocycles. The molecule has 0 saturated heterocycles. The summed E-state index contributed by atoms with van der Waals surface area (Å²) in [4.78, 5) is 24.2. The van der Waals surface area contributed by atoms with Crippen molar-refractivity contribution in [3.05, 3.63) is 109 Å². The normalized spacial score (nSPS) is 10.2. The first-order chi connectivity index (χ1) is 18.9. The lowest BCUT2D eigenvalue weighted by atomic mass is 9.99. The Morgan fingerprint density at radius 1 is 0.525 bits per heavy atom. The third-order valence-electron chi connectivity index (χ3n) is 5.38. The Balaban J connectivity index is 1.94. The van der Waals surface area contributed by atoms with E-state index in [9.17, 15) is 9.59 Å². The highest BCUT2D eigenvalue weighted by molar-refractivity contribution is 5.90. The van der Waals surface area contributed by atoms with Crippen LogP contribution in [-0.4, -0.2) is 11.9 Å². The Hall–Kier alpha value is -4.84. The minimum atomic E-state index is -0.521. The number of carbonyl (C=O) groups is 2. The van der Waals surface area contributed by atoms with Crippen molar-refractivity contribution in [2.45, 2.75) is 41.5 Å². The summed E-state index contributed by atoms with van der Waals surface area (Å²) in [5, 5.41) is 0. The van der Waals surface area contributed by atoms with Crippen LogP contribution in [0.5, 0.6) is 23.0 Å². The van der Waals surface area contributed by atoms with E-state index < -0.39 is 11.9 Å². The van der Waals surface area contributed by atoms with Gasteiger partial charge in [-0.3, -0.25) is 0 Å². The van der Waals surface area contributed by atoms with Gasteiger partial charge in [0.1, 0.15) is 0 Å². The van der Waals surface area contributed by atoms with Crippen molar-refractivity contribution in [3.63, 3.8) is 0 Å². The Morgan fingerprint density at radius 2 is 0.850 bits per heavy atom. The van der Waals surface area contributed by atoms with Crippen molar-refractivity contribution in [1.82, 2.24) is 0 Å². The minimum absolute atomic E-state index is 0.296. The highest BCUT2D eigenvalue weighted by atomic mass is 16.6. The Bertz CT molecular complexity index is 1380. The van der Waals surface area contributed by atoms with E-state index in [-0.39, 0.29) is 0 Å². The van der Waals surface area contributed by atoms with Gasteiger partial charge in [0.15, 0.2) is 23.0 Å². The maximum Gasteiger partial charge on any atom is 0.338 e. The molecule has 0 aliphatic heterocycles. The molecule has 0 spiro atoms. The molecule has 6 nitrogen and oxygen atoms in total. The number of benzene rings is 3. The summed E-state index contributed by atoms with van der Waals surface area (Å²) >= 11 is 0. The fourth-order valence-electron chi connectivity index (χ4n) is 3.32. The molecule has 0 unspecified atom stereocenters. The summed E-state index contributed by atoms with van der Waals surface area (Å²) in [6, 6.07) is 18.7. The van der Waals surface area contributed by atoms with Gasteiger partial charge in [0.05, 0.1) is 12.5 Å². The fraction of sp³-hybridized carbons (Fsp3) is 0.176. The predicted molar refractivity (Wildman–Crippen MR) is 158 cm³/mol. The Labute approximate surface area is 235 Å². The van der Waals surface area contributed by atoms with Crippen LogP contribution in [0.4, 0.5) is 0 Å². The molecule has 0 saturated carbocycles. The van der Waals surface area contributed by atoms with Crippen LogP contribution in [0.25, 0.3) is 22.3 Å². The van der Waals surface area contributed by atoms with E-state index in [2.05, 4.69) is 13.2 Å². The van der Waals surface area contributed by atoms with Gasteiger partial charge >= 0.3 is 11.9 Å². The maximum absolute atomic E-state index is 12.1. The largest absolute Gasteiger partial charge is 0.461 e. The molecule has 0 aliphatic carbocycles. The van der Waals surface area contributed by atoms with Crippen LogP contribution in [0.2, 0.25) is 0 Å². The highest BCUT2D eigenvalue weighted by Gasteiger charge is 2.15. The zero-order chi connectivity index (χ0) is 29.4. The van der Waals surface area contributed by atoms with Crippen molar-refractivity contribution in [3.8, 4) is 45.3 Å². The van der Waals surface area contributed by atoms with Crippen LogP contribution >= 0.6 is 0 Å². The summed E-state index contributed by atoms with van der Waals surface area (Å²) in [5.41, 5.74) is 6.16. The molecule has 0 fully saturated rings. The van der Waals surface area contributed by atoms with E-state index in [1.807, 2.05) is 76.2 Å². The number of carbonyl (C=O) groups excluding carboxylic acids is 2. The van der Waals surface area contributed by atoms with E-state index in [0.717, 1.165) is 33.4 Å². The van der Waals surface area contributed by atoms with Gasteiger partial charge in [0.25, 0.3) is 0 Å². The lowest BCUT2D eigenvalue weighted by molar-refractivity contribution is -0.131. The molecule has 3 aromatic rings. The molecule has 0 bridgehead atoms. The second kappa shape index (κ2) is 13.3. The zero-order valence-corrected chi connectivity index (χ0v) is 23.8. The topological polar surface area (TPSA) is 71.1 Å². The first-order valence-corrected chi connectivity index (χ1v) is 12.7. The molecule has 40 heavy (non-hydrogen) atoms. The van der Waals surface area contributed by atoms with Gasteiger partial charge in [0.2, 0.25) is 0 Å². The molecule has 0 heterocycles. The molecule has 206 valence electrons. The van der Waals surface area contributed by atoms with E-state index in [1.54, 1.807) is 38.5 Å². The summed E-state index contributed by atoms with van der Waals surface area (Å²) in [5.74, 6) is 0.404. The number of allylic oxidation sites excluding steroid dienone is 2. The van der Waals surface area contributed by atoms with Crippen molar-refractivity contribution in [2.24, 2.45) is 0 Å². The van der Waals surface area contributed by atoms with Gasteiger partial charge in [-0.1, -0.05) is 49.6 Å². The second-order valence-corrected chi connectivity index (χ2v) is 9.87. The average molecular weight is 539 g/mol. The standard InChI is InChI=1S/C34H34O6/c1-21(2)19-37-31-17-27(13-15-29(31)39-33(35)23(5)6)25-9-11-26(12-10-25)28-14-16-30(40-34(36)24(7)8)32(18-28)38-20-22(3)4/h9-20H,5,7H2,1-4,6,8H3. The van der Waals surface area contributed by atoms with Crippen LogP contribution in [0.15, 0.2) is 109 Å². The van der Waals surface area contributed by atoms with Crippen molar-refractivity contribution in [2.75, 3.05) is 0 Å². The second-order valence-electron chi connectivity index (χ2n) is 9.87. The van der Waals surface area contributed by atoms with Crippen molar-refractivity contribution >= 4 is 11.9 Å². The molecular formula is C34H34O6. The molecule has 0 amide bonds.